The van der Waals surface area contributed by atoms with Crippen molar-refractivity contribution in [2.75, 3.05) is 30.9 Å². The number of halogens is 1. The number of nitrogens with two attached hydrogens (primary N) is 1. The first-order valence-electron chi connectivity index (χ1n) is 11.0. The van der Waals surface area contributed by atoms with Crippen LogP contribution in [-0.4, -0.2) is 47.2 Å². The van der Waals surface area contributed by atoms with E-state index in [9.17, 15) is 14.4 Å². The van der Waals surface area contributed by atoms with Crippen LogP contribution in [0.4, 0.5) is 14.9 Å². The number of aromatic nitrogens is 2. The fraction of sp³-hybridized carbons (Fsp3) is 0.591. The number of ether oxygens (including phenoxy) is 2. The summed E-state index contributed by atoms with van der Waals surface area (Å²) in [4.78, 5) is 39.5. The number of rotatable bonds is 4. The van der Waals surface area contributed by atoms with E-state index >= 15 is 4.39 Å². The lowest BCUT2D eigenvalue weighted by molar-refractivity contribution is 0.0499. The standard InChI is InChI=1S/C22H30FN5O5/c1-11-9-26(10-15(11)25-20(30)33-22(2,3)4)17-14(23)8-13-16(18(17)32-5)27(12-6-7-12)21(31)28(24)19(13)29/h8,11-12,15H,6-7,9-10,24H2,1-5H3,(H,25,30)/t11-,15-/m1/s1. The van der Waals surface area contributed by atoms with Gasteiger partial charge < -0.3 is 25.5 Å². The summed E-state index contributed by atoms with van der Waals surface area (Å²) in [5, 5.41) is 2.84. The van der Waals surface area contributed by atoms with Gasteiger partial charge in [0.15, 0.2) is 11.6 Å². The van der Waals surface area contributed by atoms with Gasteiger partial charge in [-0.1, -0.05) is 6.92 Å². The number of methoxy groups -OCH3 is 1. The number of nitrogen functional groups attached to an aromatic ring is 1. The lowest BCUT2D eigenvalue weighted by Crippen LogP contribution is -2.44. The van der Waals surface area contributed by atoms with Gasteiger partial charge in [-0.05, 0) is 45.6 Å². The summed E-state index contributed by atoms with van der Waals surface area (Å²) in [7, 11) is 1.38. The van der Waals surface area contributed by atoms with E-state index in [0.717, 1.165) is 18.9 Å². The number of alkyl carbamates (subject to hydrolysis) is 1. The minimum atomic E-state index is -0.782. The lowest BCUT2D eigenvalue weighted by atomic mass is 10.1. The zero-order valence-corrected chi connectivity index (χ0v) is 19.5. The first kappa shape index (κ1) is 22.9. The highest BCUT2D eigenvalue weighted by molar-refractivity contribution is 5.91. The number of hydrogen-bond acceptors (Lipinski definition) is 7. The number of carbonyl (C=O) groups excluding carboxylic acids is 1. The van der Waals surface area contributed by atoms with Crippen LogP contribution < -0.4 is 32.0 Å². The highest BCUT2D eigenvalue weighted by Gasteiger charge is 2.37. The van der Waals surface area contributed by atoms with Crippen LogP contribution in [0.2, 0.25) is 0 Å². The molecule has 180 valence electrons. The third-order valence-electron chi connectivity index (χ3n) is 6.03. The molecule has 2 aliphatic rings. The summed E-state index contributed by atoms with van der Waals surface area (Å²) in [6.07, 6.45) is 0.968. The Bertz CT molecular complexity index is 1230. The average molecular weight is 464 g/mol. The molecule has 1 saturated heterocycles. The molecule has 2 heterocycles. The highest BCUT2D eigenvalue weighted by atomic mass is 19.1. The first-order chi connectivity index (χ1) is 15.4. The average Bonchev–Trinajstić information content (AvgIpc) is 3.48. The van der Waals surface area contributed by atoms with Crippen LogP contribution in [0.25, 0.3) is 10.9 Å². The normalized spacial score (nSPS) is 20.8. The molecule has 2 fully saturated rings. The van der Waals surface area contributed by atoms with E-state index in [0.29, 0.717) is 17.8 Å². The summed E-state index contributed by atoms with van der Waals surface area (Å²) in [6, 6.07) is 0.695. The second kappa shape index (κ2) is 7.96. The molecule has 4 rings (SSSR count). The summed E-state index contributed by atoms with van der Waals surface area (Å²) < 4.78 is 28.3. The fourth-order valence-electron chi connectivity index (χ4n) is 4.39. The molecule has 0 spiro atoms. The van der Waals surface area contributed by atoms with E-state index in [2.05, 4.69) is 5.32 Å². The topological polar surface area (TPSA) is 121 Å². The van der Waals surface area contributed by atoms with Crippen LogP contribution in [0.15, 0.2) is 15.7 Å². The Kier molecular flexibility index (Phi) is 5.53. The molecule has 0 unspecified atom stereocenters. The molecule has 1 amide bonds. The monoisotopic (exact) mass is 463 g/mol. The minimum absolute atomic E-state index is 0.0139. The molecular weight excluding hydrogens is 433 g/mol. The van der Waals surface area contributed by atoms with Gasteiger partial charge in [0.05, 0.1) is 18.5 Å². The van der Waals surface area contributed by atoms with Crippen molar-refractivity contribution < 1.29 is 18.7 Å². The second-order valence-electron chi connectivity index (χ2n) is 9.83. The van der Waals surface area contributed by atoms with Crippen molar-refractivity contribution in [2.24, 2.45) is 5.92 Å². The number of amides is 1. The van der Waals surface area contributed by atoms with Gasteiger partial charge in [-0.15, -0.1) is 0 Å². The van der Waals surface area contributed by atoms with Crippen molar-refractivity contribution in [1.29, 1.82) is 0 Å². The molecule has 3 N–H and O–H groups in total. The van der Waals surface area contributed by atoms with Gasteiger partial charge >= 0.3 is 11.8 Å². The van der Waals surface area contributed by atoms with E-state index in [1.54, 1.807) is 25.7 Å². The van der Waals surface area contributed by atoms with Crippen molar-refractivity contribution >= 4 is 22.7 Å². The summed E-state index contributed by atoms with van der Waals surface area (Å²) in [6.45, 7) is 8.02. The van der Waals surface area contributed by atoms with Crippen molar-refractivity contribution in [3.05, 3.63) is 32.7 Å². The second-order valence-corrected chi connectivity index (χ2v) is 9.83. The van der Waals surface area contributed by atoms with E-state index in [1.165, 1.54) is 11.7 Å². The number of fused-ring (bicyclic) bond motifs is 1. The zero-order valence-electron chi connectivity index (χ0n) is 19.5. The van der Waals surface area contributed by atoms with Crippen molar-refractivity contribution in [3.63, 3.8) is 0 Å². The largest absolute Gasteiger partial charge is 0.492 e. The lowest BCUT2D eigenvalue weighted by Gasteiger charge is -2.25. The first-order valence-corrected chi connectivity index (χ1v) is 11.0. The number of carbonyl (C=O) groups is 1. The molecule has 11 heteroatoms. The molecule has 2 aromatic rings. The molecule has 0 bridgehead atoms. The maximum Gasteiger partial charge on any atom is 0.407 e. The van der Waals surface area contributed by atoms with Gasteiger partial charge in [0.1, 0.15) is 16.8 Å². The maximum absolute atomic E-state index is 15.4. The van der Waals surface area contributed by atoms with Gasteiger partial charge in [0.25, 0.3) is 5.56 Å². The van der Waals surface area contributed by atoms with Gasteiger partial charge in [0, 0.05) is 19.1 Å². The Morgan fingerprint density at radius 2 is 1.91 bits per heavy atom. The van der Waals surface area contributed by atoms with Crippen molar-refractivity contribution in [1.82, 2.24) is 14.6 Å². The molecule has 0 radical (unpaired) electrons. The predicted octanol–water partition coefficient (Wildman–Crippen LogP) is 1.71. The Labute approximate surface area is 190 Å². The van der Waals surface area contributed by atoms with Crippen LogP contribution >= 0.6 is 0 Å². The van der Waals surface area contributed by atoms with Crippen LogP contribution in [0, 0.1) is 11.7 Å². The molecule has 1 aliphatic carbocycles. The van der Waals surface area contributed by atoms with Crippen molar-refractivity contribution in [2.45, 2.75) is 58.2 Å². The van der Waals surface area contributed by atoms with E-state index < -0.39 is 28.8 Å². The highest BCUT2D eigenvalue weighted by Crippen LogP contribution is 2.43. The van der Waals surface area contributed by atoms with E-state index in [1.807, 2.05) is 6.92 Å². The van der Waals surface area contributed by atoms with Gasteiger partial charge in [-0.3, -0.25) is 9.36 Å². The third kappa shape index (κ3) is 4.11. The quantitative estimate of drug-likeness (QED) is 0.662. The Morgan fingerprint density at radius 1 is 1.24 bits per heavy atom. The van der Waals surface area contributed by atoms with E-state index in [-0.39, 0.29) is 40.3 Å². The molecule has 1 aromatic heterocycles. The van der Waals surface area contributed by atoms with Crippen LogP contribution in [0.3, 0.4) is 0 Å². The minimum Gasteiger partial charge on any atom is -0.492 e. The number of nitrogens with one attached hydrogen (secondary N) is 1. The molecule has 2 atom stereocenters. The van der Waals surface area contributed by atoms with Crippen LogP contribution in [-0.2, 0) is 4.74 Å². The van der Waals surface area contributed by atoms with Crippen LogP contribution in [0.1, 0.15) is 46.6 Å². The fourth-order valence-corrected chi connectivity index (χ4v) is 4.39. The molecule has 1 saturated carbocycles. The van der Waals surface area contributed by atoms with E-state index in [4.69, 9.17) is 15.3 Å². The van der Waals surface area contributed by atoms with Crippen LogP contribution in [0.5, 0.6) is 5.75 Å². The van der Waals surface area contributed by atoms with Gasteiger partial charge in [0.2, 0.25) is 0 Å². The molecule has 1 aromatic carbocycles. The number of anilines is 1. The summed E-state index contributed by atoms with van der Waals surface area (Å²) in [5.41, 5.74) is -1.69. The predicted molar refractivity (Wildman–Crippen MR) is 122 cm³/mol. The Balaban J connectivity index is 1.77. The summed E-state index contributed by atoms with van der Waals surface area (Å²) in [5.74, 6) is 5.12. The zero-order chi connectivity index (χ0) is 24.2. The number of hydrogen-bond donors (Lipinski definition) is 2. The molecule has 33 heavy (non-hydrogen) atoms. The molecular formula is C22H30FN5O5. The van der Waals surface area contributed by atoms with Crippen molar-refractivity contribution in [3.8, 4) is 5.75 Å². The smallest absolute Gasteiger partial charge is 0.407 e. The SMILES string of the molecule is COc1c(N2C[C@@H](C)[C@H](NC(=O)OC(C)(C)C)C2)c(F)cc2c(=O)n(N)c(=O)n(C3CC3)c12. The molecule has 10 nitrogen and oxygen atoms in total. The Morgan fingerprint density at radius 3 is 2.48 bits per heavy atom. The number of benzene rings is 1. The third-order valence-corrected chi connectivity index (χ3v) is 6.03. The maximum atomic E-state index is 15.4. The summed E-state index contributed by atoms with van der Waals surface area (Å²) >= 11 is 0. The van der Waals surface area contributed by atoms with Gasteiger partial charge in [-0.2, -0.15) is 4.68 Å². The van der Waals surface area contributed by atoms with Gasteiger partial charge in [-0.25, -0.2) is 14.0 Å². The Hall–Kier alpha value is -3.24. The molecule has 1 aliphatic heterocycles. The number of nitrogens with zero attached hydrogens (tertiary/aromatic N) is 3.